The van der Waals surface area contributed by atoms with Crippen molar-refractivity contribution in [1.82, 2.24) is 4.98 Å². The Balaban J connectivity index is 2.15. The molecular weight excluding hydrogens is 431 g/mol. The topological polar surface area (TPSA) is 122 Å². The monoisotopic (exact) mass is 470 g/mol. The largest absolute Gasteiger partial charge is 0.484 e. The molecule has 0 aliphatic carbocycles. The molecule has 0 spiro atoms. The van der Waals surface area contributed by atoms with E-state index >= 15 is 0 Å². The van der Waals surface area contributed by atoms with Crippen LogP contribution in [0.2, 0.25) is 0 Å². The molecule has 182 valence electrons. The van der Waals surface area contributed by atoms with E-state index in [1.165, 1.54) is 76.5 Å². The average Bonchev–Trinajstić information content (AvgIpc) is 2.77. The van der Waals surface area contributed by atoms with Crippen LogP contribution in [0.3, 0.4) is 0 Å². The maximum absolute atomic E-state index is 11.0. The van der Waals surface area contributed by atoms with Crippen molar-refractivity contribution in [2.75, 3.05) is 19.8 Å². The van der Waals surface area contributed by atoms with Crippen molar-refractivity contribution < 1.29 is 28.3 Å². The van der Waals surface area contributed by atoms with Gasteiger partial charge in [0.2, 0.25) is 0 Å². The van der Waals surface area contributed by atoms with Crippen molar-refractivity contribution in [3.05, 3.63) is 24.0 Å². The van der Waals surface area contributed by atoms with Crippen LogP contribution in [-0.2, 0) is 13.8 Å². The number of phosphoric acid groups is 1. The third kappa shape index (κ3) is 16.2. The van der Waals surface area contributed by atoms with E-state index in [-0.39, 0.29) is 18.9 Å². The summed E-state index contributed by atoms with van der Waals surface area (Å²) >= 11 is 0. The Labute approximate surface area is 192 Å². The van der Waals surface area contributed by atoms with Gasteiger partial charge in [0.1, 0.15) is 23.6 Å². The van der Waals surface area contributed by atoms with Gasteiger partial charge in [-0.25, -0.2) is 9.55 Å². The predicted molar refractivity (Wildman–Crippen MR) is 123 cm³/mol. The number of unbranched alkanes of at least 4 members (excludes halogenated alkanes) is 11. The van der Waals surface area contributed by atoms with Crippen molar-refractivity contribution >= 4 is 7.82 Å². The Kier molecular flexibility index (Phi) is 16.1. The minimum absolute atomic E-state index is 0.137. The number of nitrogens with zero attached hydrogens (tertiary/aromatic N) is 2. The number of hydrogen-bond donors (Lipinski definition) is 2. The van der Waals surface area contributed by atoms with Crippen LogP contribution in [0.1, 0.15) is 89.7 Å². The van der Waals surface area contributed by atoms with Crippen LogP contribution >= 0.6 is 7.82 Å². The standard InChI is InChI=1S/C23H39N2O6P/c1-2-3-4-5-6-7-8-9-10-11-12-13-16-29-19-23(20-30-32(26,27)28)31-22-15-14-21(17-24)25-18-22/h14-15,18,23H,2-13,16,19-20H2,1H3,(H2,26,27,28). The predicted octanol–water partition coefficient (Wildman–Crippen LogP) is 5.53. The van der Waals surface area contributed by atoms with Crippen molar-refractivity contribution in [3.63, 3.8) is 0 Å². The van der Waals surface area contributed by atoms with Gasteiger partial charge in [-0.2, -0.15) is 5.26 Å². The first-order valence-corrected chi connectivity index (χ1v) is 13.3. The van der Waals surface area contributed by atoms with Crippen molar-refractivity contribution in [3.8, 4) is 11.8 Å². The van der Waals surface area contributed by atoms with Gasteiger partial charge in [-0.1, -0.05) is 77.6 Å². The molecule has 0 aliphatic rings. The van der Waals surface area contributed by atoms with E-state index in [0.29, 0.717) is 12.4 Å². The number of phosphoric ester groups is 1. The number of hydrogen-bond acceptors (Lipinski definition) is 6. The maximum atomic E-state index is 11.0. The molecule has 32 heavy (non-hydrogen) atoms. The minimum Gasteiger partial charge on any atom is -0.484 e. The van der Waals surface area contributed by atoms with Crippen molar-refractivity contribution in [1.29, 1.82) is 5.26 Å². The third-order valence-corrected chi connectivity index (χ3v) is 5.51. The van der Waals surface area contributed by atoms with E-state index in [0.717, 1.165) is 12.8 Å². The van der Waals surface area contributed by atoms with Crippen LogP contribution < -0.4 is 4.74 Å². The molecule has 0 fully saturated rings. The molecule has 0 saturated heterocycles. The zero-order valence-electron chi connectivity index (χ0n) is 19.3. The fraction of sp³-hybridized carbons (Fsp3) is 0.739. The second kappa shape index (κ2) is 18.0. The van der Waals surface area contributed by atoms with E-state index < -0.39 is 13.9 Å². The second-order valence-electron chi connectivity index (χ2n) is 7.98. The van der Waals surface area contributed by atoms with Crippen molar-refractivity contribution in [2.45, 2.75) is 90.1 Å². The smallest absolute Gasteiger partial charge is 0.469 e. The molecule has 1 heterocycles. The van der Waals surface area contributed by atoms with Crippen LogP contribution in [0.5, 0.6) is 5.75 Å². The van der Waals surface area contributed by atoms with Gasteiger partial charge in [0.25, 0.3) is 0 Å². The van der Waals surface area contributed by atoms with Gasteiger partial charge in [-0.3, -0.25) is 4.52 Å². The summed E-state index contributed by atoms with van der Waals surface area (Å²) in [5, 5.41) is 8.80. The molecule has 1 aromatic heterocycles. The number of pyridine rings is 1. The summed E-state index contributed by atoms with van der Waals surface area (Å²) in [4.78, 5) is 21.8. The lowest BCUT2D eigenvalue weighted by molar-refractivity contribution is 0.0178. The molecule has 2 N–H and O–H groups in total. The lowest BCUT2D eigenvalue weighted by Gasteiger charge is -2.19. The van der Waals surface area contributed by atoms with Crippen molar-refractivity contribution in [2.24, 2.45) is 0 Å². The van der Waals surface area contributed by atoms with Gasteiger partial charge in [-0.15, -0.1) is 0 Å². The quantitative estimate of drug-likeness (QED) is 0.188. The molecule has 0 amide bonds. The molecule has 8 nitrogen and oxygen atoms in total. The molecule has 1 rings (SSSR count). The number of ether oxygens (including phenoxy) is 2. The first-order valence-electron chi connectivity index (χ1n) is 11.7. The van der Waals surface area contributed by atoms with E-state index in [4.69, 9.17) is 24.5 Å². The van der Waals surface area contributed by atoms with Gasteiger partial charge in [-0.05, 0) is 18.6 Å². The lowest BCUT2D eigenvalue weighted by atomic mass is 10.1. The van der Waals surface area contributed by atoms with Gasteiger partial charge in [0.15, 0.2) is 0 Å². The van der Waals surface area contributed by atoms with Crippen LogP contribution in [0.15, 0.2) is 18.3 Å². The molecule has 0 bridgehead atoms. The Morgan fingerprint density at radius 1 is 0.969 bits per heavy atom. The Hall–Kier alpha value is -1.49. The highest BCUT2D eigenvalue weighted by Gasteiger charge is 2.20. The fourth-order valence-electron chi connectivity index (χ4n) is 3.26. The summed E-state index contributed by atoms with van der Waals surface area (Å²) in [5.41, 5.74) is 0.253. The maximum Gasteiger partial charge on any atom is 0.469 e. The molecule has 0 radical (unpaired) electrons. The molecule has 0 saturated carbocycles. The summed E-state index contributed by atoms with van der Waals surface area (Å²) in [6.45, 7) is 2.62. The summed E-state index contributed by atoms with van der Waals surface area (Å²) in [6.07, 6.45) is 15.9. The summed E-state index contributed by atoms with van der Waals surface area (Å²) in [6, 6.07) is 4.99. The van der Waals surface area contributed by atoms with E-state index in [1.54, 1.807) is 6.07 Å². The first-order chi connectivity index (χ1) is 15.4. The highest BCUT2D eigenvalue weighted by atomic mass is 31.2. The number of nitriles is 1. The van der Waals surface area contributed by atoms with Gasteiger partial charge in [0.05, 0.1) is 19.4 Å². The second-order valence-corrected chi connectivity index (χ2v) is 9.22. The summed E-state index contributed by atoms with van der Waals surface area (Å²) in [5.74, 6) is 0.372. The Morgan fingerprint density at radius 2 is 1.56 bits per heavy atom. The lowest BCUT2D eigenvalue weighted by Crippen LogP contribution is -2.28. The Morgan fingerprint density at radius 3 is 2.06 bits per heavy atom. The van der Waals surface area contributed by atoms with Crippen LogP contribution in [-0.4, -0.2) is 40.7 Å². The highest BCUT2D eigenvalue weighted by molar-refractivity contribution is 7.46. The molecule has 1 atom stereocenters. The van der Waals surface area contributed by atoms with E-state index in [1.807, 2.05) is 6.07 Å². The molecule has 0 aliphatic heterocycles. The molecule has 1 aromatic rings. The minimum atomic E-state index is -4.60. The van der Waals surface area contributed by atoms with Gasteiger partial charge < -0.3 is 19.3 Å². The van der Waals surface area contributed by atoms with Gasteiger partial charge in [0, 0.05) is 6.61 Å². The zero-order valence-corrected chi connectivity index (χ0v) is 20.2. The molecule has 0 aromatic carbocycles. The van der Waals surface area contributed by atoms with E-state index in [9.17, 15) is 4.57 Å². The third-order valence-electron chi connectivity index (χ3n) is 5.03. The summed E-state index contributed by atoms with van der Waals surface area (Å²) in [7, 11) is -4.60. The van der Waals surface area contributed by atoms with E-state index in [2.05, 4.69) is 16.4 Å². The molecule has 1 unspecified atom stereocenters. The average molecular weight is 471 g/mol. The number of rotatable bonds is 20. The first kappa shape index (κ1) is 28.5. The van der Waals surface area contributed by atoms with Crippen LogP contribution in [0.4, 0.5) is 0 Å². The fourth-order valence-corrected chi connectivity index (χ4v) is 3.63. The highest BCUT2D eigenvalue weighted by Crippen LogP contribution is 2.36. The van der Waals surface area contributed by atoms with Crippen LogP contribution in [0, 0.1) is 11.3 Å². The zero-order chi connectivity index (χ0) is 23.5. The van der Waals surface area contributed by atoms with Gasteiger partial charge >= 0.3 is 7.82 Å². The Bertz CT molecular complexity index is 674. The normalized spacial score (nSPS) is 12.4. The molecular formula is C23H39N2O6P. The SMILES string of the molecule is CCCCCCCCCCCCCCOCC(COP(=O)(O)O)Oc1ccc(C#N)nc1. The van der Waals surface area contributed by atoms with Crippen LogP contribution in [0.25, 0.3) is 0 Å². The number of aromatic nitrogens is 1. The summed E-state index contributed by atoms with van der Waals surface area (Å²) < 4.78 is 26.9. The molecule has 9 heteroatoms.